The second-order valence-electron chi connectivity index (χ2n) is 4.85. The van der Waals surface area contributed by atoms with Gasteiger partial charge in [0.2, 0.25) is 0 Å². The topological polar surface area (TPSA) is 50.9 Å². The molecule has 3 nitrogen and oxygen atoms in total. The molecule has 18 heavy (non-hydrogen) atoms. The molecule has 1 aromatic heterocycles. The van der Waals surface area contributed by atoms with E-state index in [1.165, 1.54) is 11.1 Å². The van der Waals surface area contributed by atoms with E-state index in [0.717, 1.165) is 23.5 Å². The zero-order valence-corrected chi connectivity index (χ0v) is 11.2. The van der Waals surface area contributed by atoms with Crippen molar-refractivity contribution in [1.29, 1.82) is 0 Å². The SMILES string of the molecule is Cc1nc(C(CC2Cc3ccccc32)NN)cs1. The van der Waals surface area contributed by atoms with Gasteiger partial charge >= 0.3 is 0 Å². The molecule has 94 valence electrons. The first-order valence-electron chi connectivity index (χ1n) is 6.24. The van der Waals surface area contributed by atoms with Crippen molar-refractivity contribution < 1.29 is 0 Å². The van der Waals surface area contributed by atoms with Crippen molar-refractivity contribution in [2.45, 2.75) is 31.7 Å². The Morgan fingerprint density at radius 2 is 2.33 bits per heavy atom. The van der Waals surface area contributed by atoms with E-state index in [-0.39, 0.29) is 6.04 Å². The minimum absolute atomic E-state index is 0.160. The lowest BCUT2D eigenvalue weighted by Crippen LogP contribution is -2.31. The Morgan fingerprint density at radius 3 is 3.00 bits per heavy atom. The molecule has 1 aromatic carbocycles. The van der Waals surface area contributed by atoms with Crippen molar-refractivity contribution in [2.24, 2.45) is 5.84 Å². The lowest BCUT2D eigenvalue weighted by molar-refractivity contribution is 0.429. The normalized spacial score (nSPS) is 19.1. The highest BCUT2D eigenvalue weighted by atomic mass is 32.1. The van der Waals surface area contributed by atoms with Gasteiger partial charge in [0.05, 0.1) is 16.7 Å². The van der Waals surface area contributed by atoms with E-state index in [0.29, 0.717) is 5.92 Å². The molecule has 2 atom stereocenters. The van der Waals surface area contributed by atoms with Gasteiger partial charge in [-0.15, -0.1) is 11.3 Å². The van der Waals surface area contributed by atoms with Gasteiger partial charge in [-0.2, -0.15) is 0 Å². The molecule has 0 aliphatic heterocycles. The maximum atomic E-state index is 5.68. The molecule has 0 fully saturated rings. The number of nitrogens with zero attached hydrogens (tertiary/aromatic N) is 1. The van der Waals surface area contributed by atoms with Gasteiger partial charge in [-0.25, -0.2) is 4.98 Å². The smallest absolute Gasteiger partial charge is 0.0898 e. The van der Waals surface area contributed by atoms with Crippen molar-refractivity contribution in [3.05, 3.63) is 51.5 Å². The van der Waals surface area contributed by atoms with Crippen LogP contribution in [0.3, 0.4) is 0 Å². The maximum Gasteiger partial charge on any atom is 0.0898 e. The Balaban J connectivity index is 1.73. The van der Waals surface area contributed by atoms with Gasteiger partial charge in [-0.1, -0.05) is 24.3 Å². The molecule has 2 unspecified atom stereocenters. The summed E-state index contributed by atoms with van der Waals surface area (Å²) in [5.74, 6) is 6.29. The quantitative estimate of drug-likeness (QED) is 0.655. The average Bonchev–Trinajstić information content (AvgIpc) is 2.77. The summed E-state index contributed by atoms with van der Waals surface area (Å²) in [5.41, 5.74) is 6.94. The van der Waals surface area contributed by atoms with E-state index < -0.39 is 0 Å². The largest absolute Gasteiger partial charge is 0.271 e. The Labute approximate surface area is 111 Å². The van der Waals surface area contributed by atoms with Gasteiger partial charge in [0, 0.05) is 5.38 Å². The van der Waals surface area contributed by atoms with Gasteiger partial charge in [0.1, 0.15) is 0 Å². The van der Waals surface area contributed by atoms with Crippen LogP contribution in [0.5, 0.6) is 0 Å². The number of rotatable bonds is 4. The summed E-state index contributed by atoms with van der Waals surface area (Å²) in [4.78, 5) is 4.53. The molecule has 0 radical (unpaired) electrons. The molecule has 1 heterocycles. The molecule has 3 rings (SSSR count). The van der Waals surface area contributed by atoms with E-state index >= 15 is 0 Å². The second-order valence-corrected chi connectivity index (χ2v) is 5.91. The number of hydrogen-bond acceptors (Lipinski definition) is 4. The second kappa shape index (κ2) is 4.80. The molecule has 0 bridgehead atoms. The van der Waals surface area contributed by atoms with Crippen LogP contribution in [0.25, 0.3) is 0 Å². The summed E-state index contributed by atoms with van der Waals surface area (Å²) in [5, 5.41) is 3.20. The zero-order chi connectivity index (χ0) is 12.5. The number of fused-ring (bicyclic) bond motifs is 1. The fourth-order valence-corrected chi connectivity index (χ4v) is 3.34. The number of hydrogen-bond donors (Lipinski definition) is 2. The highest BCUT2D eigenvalue weighted by Gasteiger charge is 2.28. The molecule has 3 N–H and O–H groups in total. The standard InChI is InChI=1S/C14H17N3S/c1-9-16-14(8-18-9)13(17-15)7-11-6-10-4-2-3-5-12(10)11/h2-5,8,11,13,17H,6-7,15H2,1H3. The number of hydrazine groups is 1. The summed E-state index contributed by atoms with van der Waals surface area (Å²) in [6, 6.07) is 8.82. The van der Waals surface area contributed by atoms with Gasteiger partial charge in [0.15, 0.2) is 0 Å². The molecule has 2 aromatic rings. The highest BCUT2D eigenvalue weighted by molar-refractivity contribution is 7.09. The number of thiazole rings is 1. The Hall–Kier alpha value is -1.23. The van der Waals surface area contributed by atoms with E-state index in [1.54, 1.807) is 11.3 Å². The van der Waals surface area contributed by atoms with Crippen LogP contribution in [0.1, 0.15) is 40.2 Å². The van der Waals surface area contributed by atoms with E-state index in [9.17, 15) is 0 Å². The summed E-state index contributed by atoms with van der Waals surface area (Å²) >= 11 is 1.68. The minimum Gasteiger partial charge on any atom is -0.271 e. The van der Waals surface area contributed by atoms with Crippen molar-refractivity contribution in [3.63, 3.8) is 0 Å². The maximum absolute atomic E-state index is 5.68. The molecule has 0 amide bonds. The van der Waals surface area contributed by atoms with Crippen molar-refractivity contribution in [1.82, 2.24) is 10.4 Å². The third-order valence-corrected chi connectivity index (χ3v) is 4.47. The average molecular weight is 259 g/mol. The van der Waals surface area contributed by atoms with Crippen LogP contribution in [0.2, 0.25) is 0 Å². The van der Waals surface area contributed by atoms with Crippen LogP contribution < -0.4 is 11.3 Å². The predicted octanol–water partition coefficient (Wildman–Crippen LogP) is 2.69. The van der Waals surface area contributed by atoms with Crippen LogP contribution in [-0.2, 0) is 6.42 Å². The van der Waals surface area contributed by atoms with Gasteiger partial charge < -0.3 is 0 Å². The first-order chi connectivity index (χ1) is 8.78. The fourth-order valence-electron chi connectivity index (χ4n) is 2.67. The predicted molar refractivity (Wildman–Crippen MR) is 74.4 cm³/mol. The molecule has 1 aliphatic rings. The van der Waals surface area contributed by atoms with Crippen molar-refractivity contribution in [3.8, 4) is 0 Å². The Kier molecular flexibility index (Phi) is 3.16. The fraction of sp³-hybridized carbons (Fsp3) is 0.357. The van der Waals surface area contributed by atoms with Crippen molar-refractivity contribution in [2.75, 3.05) is 0 Å². The summed E-state index contributed by atoms with van der Waals surface area (Å²) in [6.45, 7) is 2.03. The lowest BCUT2D eigenvalue weighted by atomic mass is 9.74. The molecular weight excluding hydrogens is 242 g/mol. The monoisotopic (exact) mass is 259 g/mol. The third-order valence-electron chi connectivity index (χ3n) is 3.68. The number of aryl methyl sites for hydroxylation is 1. The summed E-state index contributed by atoms with van der Waals surface area (Å²) < 4.78 is 0. The van der Waals surface area contributed by atoms with Crippen LogP contribution in [-0.4, -0.2) is 4.98 Å². The zero-order valence-electron chi connectivity index (χ0n) is 10.4. The van der Waals surface area contributed by atoms with Crippen LogP contribution in [0.15, 0.2) is 29.6 Å². The van der Waals surface area contributed by atoms with E-state index in [1.807, 2.05) is 6.92 Å². The molecule has 0 saturated carbocycles. The summed E-state index contributed by atoms with van der Waals surface area (Å²) in [6.07, 6.45) is 2.19. The molecular formula is C14H17N3S. The minimum atomic E-state index is 0.160. The number of nitrogens with one attached hydrogen (secondary N) is 1. The first kappa shape index (κ1) is 11.8. The van der Waals surface area contributed by atoms with E-state index in [2.05, 4.69) is 40.1 Å². The lowest BCUT2D eigenvalue weighted by Gasteiger charge is -2.32. The highest BCUT2D eigenvalue weighted by Crippen LogP contribution is 2.40. The van der Waals surface area contributed by atoms with E-state index in [4.69, 9.17) is 5.84 Å². The van der Waals surface area contributed by atoms with Crippen LogP contribution in [0, 0.1) is 6.92 Å². The number of nitrogens with two attached hydrogens (primary N) is 1. The van der Waals surface area contributed by atoms with Gasteiger partial charge in [-0.3, -0.25) is 11.3 Å². The molecule has 4 heteroatoms. The van der Waals surface area contributed by atoms with Gasteiger partial charge in [0.25, 0.3) is 0 Å². The first-order valence-corrected chi connectivity index (χ1v) is 7.12. The molecule has 0 saturated heterocycles. The Bertz CT molecular complexity index is 549. The Morgan fingerprint density at radius 1 is 1.50 bits per heavy atom. The number of benzene rings is 1. The van der Waals surface area contributed by atoms with Crippen molar-refractivity contribution >= 4 is 11.3 Å². The summed E-state index contributed by atoms with van der Waals surface area (Å²) in [7, 11) is 0. The third kappa shape index (κ3) is 2.07. The van der Waals surface area contributed by atoms with Crippen LogP contribution in [0.4, 0.5) is 0 Å². The van der Waals surface area contributed by atoms with Crippen LogP contribution >= 0.6 is 11.3 Å². The van der Waals surface area contributed by atoms with Gasteiger partial charge in [-0.05, 0) is 36.8 Å². The molecule has 1 aliphatic carbocycles. The molecule has 0 spiro atoms. The number of aromatic nitrogens is 1.